The number of rotatable bonds is 7. The molecule has 0 bridgehead atoms. The van der Waals surface area contributed by atoms with E-state index in [1.54, 1.807) is 0 Å². The Morgan fingerprint density at radius 3 is 2.10 bits per heavy atom. The van der Waals surface area contributed by atoms with Crippen LogP contribution in [0.4, 0.5) is 34.6 Å². The Hall–Kier alpha value is -2.47. The maximum atomic E-state index is 14.8. The summed E-state index contributed by atoms with van der Waals surface area (Å²) in [5.41, 5.74) is -1.18. The smallest absolute Gasteiger partial charge is 0.315 e. The van der Waals surface area contributed by atoms with Gasteiger partial charge in [0.2, 0.25) is 5.91 Å². The fourth-order valence-corrected chi connectivity index (χ4v) is 5.82. The van der Waals surface area contributed by atoms with Gasteiger partial charge in [-0.3, -0.25) is 14.4 Å². The third-order valence-electron chi connectivity index (χ3n) is 6.25. The largest absolute Gasteiger partial charge is 0.326 e. The average Bonchev–Trinajstić information content (AvgIpc) is 3.49. The molecule has 0 heterocycles. The summed E-state index contributed by atoms with van der Waals surface area (Å²) >= 11 is 37.3. The minimum absolute atomic E-state index is 0.0713. The number of carbonyl (C=O) groups is 3. The molecule has 1 aliphatic rings. The van der Waals surface area contributed by atoms with Gasteiger partial charge in [-0.05, 0) is 54.4 Å². The van der Waals surface area contributed by atoms with Crippen molar-refractivity contribution in [1.29, 1.82) is 0 Å². The van der Waals surface area contributed by atoms with Crippen LogP contribution in [0.3, 0.4) is 0 Å². The molecule has 6 nitrogen and oxygen atoms in total. The number of hydrogen-bond donors (Lipinski definition) is 3. The zero-order chi connectivity index (χ0) is 31.3. The predicted molar refractivity (Wildman–Crippen MR) is 156 cm³/mol. The van der Waals surface area contributed by atoms with Gasteiger partial charge in [-0.25, -0.2) is 8.78 Å². The normalized spacial score (nSPS) is 17.1. The van der Waals surface area contributed by atoms with E-state index in [1.165, 1.54) is 36.5 Å². The number of halogens is 10. The van der Waals surface area contributed by atoms with Crippen LogP contribution in [0.2, 0.25) is 20.1 Å². The fourth-order valence-electron chi connectivity index (χ4n) is 4.18. The highest BCUT2D eigenvalue weighted by molar-refractivity contribution is 6.54. The van der Waals surface area contributed by atoms with E-state index >= 15 is 0 Å². The van der Waals surface area contributed by atoms with Crippen LogP contribution < -0.4 is 16.0 Å². The summed E-state index contributed by atoms with van der Waals surface area (Å²) in [6, 6.07) is 7.07. The minimum Gasteiger partial charge on any atom is -0.326 e. The van der Waals surface area contributed by atoms with E-state index in [9.17, 15) is 31.9 Å². The molecule has 0 radical (unpaired) electrons. The molecule has 0 saturated heterocycles. The van der Waals surface area contributed by atoms with Crippen molar-refractivity contribution in [3.05, 3.63) is 84.8 Å². The first-order valence-corrected chi connectivity index (χ1v) is 13.8. The third kappa shape index (κ3) is 6.39. The summed E-state index contributed by atoms with van der Waals surface area (Å²) in [4.78, 5) is 37.4. The van der Waals surface area contributed by atoms with Crippen LogP contribution in [0.5, 0.6) is 0 Å². The van der Waals surface area contributed by atoms with Gasteiger partial charge < -0.3 is 16.0 Å². The quantitative estimate of drug-likeness (QED) is 0.130. The van der Waals surface area contributed by atoms with E-state index in [2.05, 4.69) is 10.6 Å². The van der Waals surface area contributed by atoms with Crippen molar-refractivity contribution in [2.45, 2.75) is 23.6 Å². The molecule has 4 rings (SSSR count). The molecule has 16 heteroatoms. The molecule has 0 aromatic heterocycles. The second-order valence-corrected chi connectivity index (χ2v) is 12.1. The number of alkyl halides is 4. The summed E-state index contributed by atoms with van der Waals surface area (Å²) in [6.45, 7) is 1.52. The molecule has 1 aliphatic carbocycles. The topological polar surface area (TPSA) is 87.3 Å². The fraction of sp³-hybridized carbons (Fsp3) is 0.192. The lowest BCUT2D eigenvalue weighted by Crippen LogP contribution is -2.22. The van der Waals surface area contributed by atoms with E-state index in [1.807, 2.05) is 0 Å². The van der Waals surface area contributed by atoms with Crippen molar-refractivity contribution in [2.24, 2.45) is 5.92 Å². The highest BCUT2D eigenvalue weighted by Gasteiger charge is 2.67. The molecule has 3 aromatic carbocycles. The molecular weight excluding hydrogens is 691 g/mol. The number of amides is 3. The Labute approximate surface area is 265 Å². The monoisotopic (exact) mass is 703 g/mol. The van der Waals surface area contributed by atoms with Gasteiger partial charge in [-0.15, -0.1) is 23.2 Å². The van der Waals surface area contributed by atoms with Gasteiger partial charge in [-0.2, -0.15) is 8.78 Å². The zero-order valence-electron chi connectivity index (χ0n) is 20.7. The number of aryl methyl sites for hydroxylation is 1. The highest BCUT2D eigenvalue weighted by Crippen LogP contribution is 2.65. The molecule has 3 amide bonds. The standard InChI is InChI=1S/C26H15Cl6F4N3O3/c1-8-4-10(37-24(41)17-16(26(17,31)32)9-5-12(27)19(30)13(28)6-9)7-11(18(8)29)23(40)38-15-3-2-14(33)21(20(15)34)39-25(42)22(35)36/h2-7,16-17,22H,1H3,(H,37,41)(H,38,40)(H,39,42)/t16-,17?/m0/s1. The van der Waals surface area contributed by atoms with Crippen LogP contribution in [0, 0.1) is 24.5 Å². The van der Waals surface area contributed by atoms with Crippen molar-refractivity contribution in [2.75, 3.05) is 16.0 Å². The van der Waals surface area contributed by atoms with Crippen LogP contribution in [0.25, 0.3) is 0 Å². The molecule has 2 atom stereocenters. The summed E-state index contributed by atoms with van der Waals surface area (Å²) in [5, 5.41) is 6.50. The van der Waals surface area contributed by atoms with Gasteiger partial charge >= 0.3 is 6.43 Å². The van der Waals surface area contributed by atoms with Gasteiger partial charge in [0.15, 0.2) is 5.82 Å². The number of anilines is 3. The lowest BCUT2D eigenvalue weighted by atomic mass is 10.1. The molecule has 1 fully saturated rings. The molecule has 0 aliphatic heterocycles. The Balaban J connectivity index is 1.56. The van der Waals surface area contributed by atoms with E-state index in [0.29, 0.717) is 17.2 Å². The Morgan fingerprint density at radius 1 is 0.881 bits per heavy atom. The SMILES string of the molecule is Cc1cc(NC(=O)C2[C@H](c3cc(Cl)c(Cl)c(Cl)c3)C2(Cl)Cl)cc(C(=O)Nc2ccc(F)c(NC(=O)C(F)F)c2F)c1Cl. The van der Waals surface area contributed by atoms with Crippen molar-refractivity contribution in [1.82, 2.24) is 0 Å². The first kappa shape index (κ1) is 32.4. The minimum atomic E-state index is -3.54. The summed E-state index contributed by atoms with van der Waals surface area (Å²) in [5.74, 6) is -8.11. The molecule has 42 heavy (non-hydrogen) atoms. The third-order valence-corrected chi connectivity index (χ3v) is 8.89. The van der Waals surface area contributed by atoms with Crippen molar-refractivity contribution in [3.8, 4) is 0 Å². The second kappa shape index (κ2) is 12.3. The predicted octanol–water partition coefficient (Wildman–Crippen LogP) is 8.87. The number of hydrogen-bond acceptors (Lipinski definition) is 3. The van der Waals surface area contributed by atoms with Gasteiger partial charge in [0.25, 0.3) is 11.8 Å². The zero-order valence-corrected chi connectivity index (χ0v) is 25.2. The van der Waals surface area contributed by atoms with E-state index in [0.717, 1.165) is 6.07 Å². The molecule has 1 unspecified atom stereocenters. The lowest BCUT2D eigenvalue weighted by Gasteiger charge is -2.14. The van der Waals surface area contributed by atoms with E-state index in [4.69, 9.17) is 69.6 Å². The molecule has 222 valence electrons. The number of carbonyl (C=O) groups excluding carboxylic acids is 3. The van der Waals surface area contributed by atoms with Gasteiger partial charge in [-0.1, -0.05) is 46.4 Å². The van der Waals surface area contributed by atoms with Gasteiger partial charge in [0, 0.05) is 11.6 Å². The Morgan fingerprint density at radius 2 is 1.50 bits per heavy atom. The van der Waals surface area contributed by atoms with Crippen molar-refractivity contribution < 1.29 is 31.9 Å². The first-order chi connectivity index (χ1) is 19.5. The molecular formula is C26H15Cl6F4N3O3. The van der Waals surface area contributed by atoms with Crippen molar-refractivity contribution >= 4 is 104 Å². The average molecular weight is 706 g/mol. The summed E-state index contributed by atoms with van der Waals surface area (Å²) in [6.07, 6.45) is -3.54. The van der Waals surface area contributed by atoms with Crippen LogP contribution >= 0.6 is 69.6 Å². The van der Waals surface area contributed by atoms with Crippen LogP contribution in [-0.2, 0) is 9.59 Å². The summed E-state index contributed by atoms with van der Waals surface area (Å²) < 4.78 is 52.5. The molecule has 1 saturated carbocycles. The van der Waals surface area contributed by atoms with Crippen LogP contribution in [0.1, 0.15) is 27.4 Å². The molecule has 0 spiro atoms. The first-order valence-electron chi connectivity index (χ1n) is 11.6. The highest BCUT2D eigenvalue weighted by atomic mass is 35.5. The van der Waals surface area contributed by atoms with Gasteiger partial charge in [0.05, 0.1) is 37.3 Å². The molecule has 3 aromatic rings. The lowest BCUT2D eigenvalue weighted by molar-refractivity contribution is -0.126. The summed E-state index contributed by atoms with van der Waals surface area (Å²) in [7, 11) is 0. The van der Waals surface area contributed by atoms with Gasteiger partial charge in [0.1, 0.15) is 15.8 Å². The van der Waals surface area contributed by atoms with E-state index in [-0.39, 0.29) is 31.3 Å². The van der Waals surface area contributed by atoms with Crippen LogP contribution in [-0.4, -0.2) is 28.5 Å². The van der Waals surface area contributed by atoms with Crippen molar-refractivity contribution in [3.63, 3.8) is 0 Å². The number of benzene rings is 3. The molecule has 3 N–H and O–H groups in total. The number of nitrogens with one attached hydrogen (secondary N) is 3. The van der Waals surface area contributed by atoms with Crippen LogP contribution in [0.15, 0.2) is 36.4 Å². The van der Waals surface area contributed by atoms with E-state index < -0.39 is 63.3 Å². The maximum absolute atomic E-state index is 14.8. The Bertz CT molecular complexity index is 1620. The Kier molecular flexibility index (Phi) is 9.47. The maximum Gasteiger partial charge on any atom is 0.315 e. The second-order valence-electron chi connectivity index (χ2n) is 9.10.